The van der Waals surface area contributed by atoms with E-state index in [1.807, 2.05) is 32.0 Å². The molecule has 0 fully saturated rings. The first kappa shape index (κ1) is 15.4. The molecule has 0 bridgehead atoms. The van der Waals surface area contributed by atoms with Gasteiger partial charge in [-0.3, -0.25) is 4.79 Å². The molecule has 1 aromatic heterocycles. The molecule has 1 aromatic carbocycles. The zero-order valence-corrected chi connectivity index (χ0v) is 13.6. The van der Waals surface area contributed by atoms with Gasteiger partial charge in [0.1, 0.15) is 0 Å². The van der Waals surface area contributed by atoms with Gasteiger partial charge in [-0.15, -0.1) is 0 Å². The van der Waals surface area contributed by atoms with Gasteiger partial charge in [-0.25, -0.2) is 9.97 Å². The molecule has 0 aliphatic carbocycles. The highest BCUT2D eigenvalue weighted by atomic mass is 79.9. The van der Waals surface area contributed by atoms with Crippen LogP contribution in [0, 0.1) is 6.92 Å². The van der Waals surface area contributed by atoms with Gasteiger partial charge in [-0.1, -0.05) is 22.9 Å². The first-order valence-electron chi connectivity index (χ1n) is 6.73. The number of halogens is 1. The lowest BCUT2D eigenvalue weighted by Gasteiger charge is -2.07. The van der Waals surface area contributed by atoms with Crippen molar-refractivity contribution in [1.82, 2.24) is 15.3 Å². The summed E-state index contributed by atoms with van der Waals surface area (Å²) in [6.07, 6.45) is 3.94. The molecular weight excluding hydrogens is 332 g/mol. The summed E-state index contributed by atoms with van der Waals surface area (Å²) in [5.74, 6) is 0.312. The van der Waals surface area contributed by atoms with E-state index in [0.717, 1.165) is 22.1 Å². The zero-order chi connectivity index (χ0) is 15.2. The average molecular weight is 349 g/mol. The van der Waals surface area contributed by atoms with Crippen molar-refractivity contribution in [2.24, 2.45) is 0 Å². The minimum absolute atomic E-state index is 0.150. The van der Waals surface area contributed by atoms with Gasteiger partial charge in [0.05, 0.1) is 5.56 Å². The van der Waals surface area contributed by atoms with Crippen molar-refractivity contribution < 1.29 is 4.79 Å². The first-order valence-corrected chi connectivity index (χ1v) is 7.53. The summed E-state index contributed by atoms with van der Waals surface area (Å²) in [6.45, 7) is 4.66. The Balaban J connectivity index is 2.05. The van der Waals surface area contributed by atoms with Crippen LogP contribution in [0.4, 0.5) is 11.6 Å². The average Bonchev–Trinajstić information content (AvgIpc) is 2.49. The Kier molecular flexibility index (Phi) is 5.27. The normalized spacial score (nSPS) is 10.2. The summed E-state index contributed by atoms with van der Waals surface area (Å²) in [5.41, 5.74) is 2.48. The fourth-order valence-corrected chi connectivity index (χ4v) is 1.95. The molecule has 1 heterocycles. The number of amides is 1. The van der Waals surface area contributed by atoms with E-state index < -0.39 is 0 Å². The third-order valence-corrected chi connectivity index (χ3v) is 3.75. The molecule has 21 heavy (non-hydrogen) atoms. The third-order valence-electron chi connectivity index (χ3n) is 2.86. The summed E-state index contributed by atoms with van der Waals surface area (Å²) in [4.78, 5) is 20.1. The van der Waals surface area contributed by atoms with Crippen molar-refractivity contribution in [3.63, 3.8) is 0 Å². The summed E-state index contributed by atoms with van der Waals surface area (Å²) in [5, 5.41) is 5.89. The molecule has 1 amide bonds. The smallest absolute Gasteiger partial charge is 0.254 e. The second-order valence-corrected chi connectivity index (χ2v) is 5.49. The number of carbonyl (C=O) groups is 1. The van der Waals surface area contributed by atoms with Crippen LogP contribution in [0.1, 0.15) is 29.3 Å². The lowest BCUT2D eigenvalue weighted by molar-refractivity contribution is 0.0953. The maximum absolute atomic E-state index is 11.7. The standard InChI is InChI=1S/C15H17BrN4O/c1-3-6-17-14(21)11-8-18-15(19-9-11)20-12-4-5-13(16)10(2)7-12/h4-5,7-9H,3,6H2,1-2H3,(H,17,21)(H,18,19,20). The molecule has 5 nitrogen and oxygen atoms in total. The van der Waals surface area contributed by atoms with Gasteiger partial charge in [0.25, 0.3) is 5.91 Å². The molecule has 6 heteroatoms. The Morgan fingerprint density at radius 1 is 1.29 bits per heavy atom. The predicted molar refractivity (Wildman–Crippen MR) is 86.8 cm³/mol. The molecule has 0 saturated heterocycles. The van der Waals surface area contributed by atoms with E-state index in [-0.39, 0.29) is 5.91 Å². The maximum atomic E-state index is 11.7. The van der Waals surface area contributed by atoms with Crippen LogP contribution in [0.15, 0.2) is 35.1 Å². The number of hydrogen-bond acceptors (Lipinski definition) is 4. The van der Waals surface area contributed by atoms with E-state index in [2.05, 4.69) is 36.5 Å². The Bertz CT molecular complexity index is 628. The molecule has 2 aromatic rings. The fourth-order valence-electron chi connectivity index (χ4n) is 1.70. The Hall–Kier alpha value is -1.95. The number of benzene rings is 1. The molecule has 0 saturated carbocycles. The second-order valence-electron chi connectivity index (χ2n) is 4.64. The summed E-state index contributed by atoms with van der Waals surface area (Å²) in [7, 11) is 0. The third kappa shape index (κ3) is 4.26. The van der Waals surface area contributed by atoms with Crippen LogP contribution in [0.25, 0.3) is 0 Å². The number of nitrogens with zero attached hydrogens (tertiary/aromatic N) is 2. The van der Waals surface area contributed by atoms with Crippen molar-refractivity contribution in [2.75, 3.05) is 11.9 Å². The van der Waals surface area contributed by atoms with E-state index in [9.17, 15) is 4.79 Å². The summed E-state index contributed by atoms with van der Waals surface area (Å²) < 4.78 is 1.05. The number of rotatable bonds is 5. The van der Waals surface area contributed by atoms with Gasteiger partial charge in [0, 0.05) is 29.1 Å². The molecule has 0 atom stereocenters. The van der Waals surface area contributed by atoms with Crippen molar-refractivity contribution in [1.29, 1.82) is 0 Å². The molecule has 0 aliphatic rings. The van der Waals surface area contributed by atoms with Gasteiger partial charge in [0.2, 0.25) is 5.95 Å². The van der Waals surface area contributed by atoms with Crippen molar-refractivity contribution in [3.8, 4) is 0 Å². The fraction of sp³-hybridized carbons (Fsp3) is 0.267. The summed E-state index contributed by atoms with van der Waals surface area (Å²) >= 11 is 3.46. The number of hydrogen-bond donors (Lipinski definition) is 2. The quantitative estimate of drug-likeness (QED) is 0.868. The minimum atomic E-state index is -0.150. The van der Waals surface area contributed by atoms with Gasteiger partial charge < -0.3 is 10.6 Å². The van der Waals surface area contributed by atoms with Crippen LogP contribution in [0.2, 0.25) is 0 Å². The number of carbonyl (C=O) groups excluding carboxylic acids is 1. The highest BCUT2D eigenvalue weighted by Crippen LogP contribution is 2.21. The van der Waals surface area contributed by atoms with Crippen LogP contribution in [0.3, 0.4) is 0 Å². The second kappa shape index (κ2) is 7.17. The van der Waals surface area contributed by atoms with Gasteiger partial charge in [-0.2, -0.15) is 0 Å². The molecule has 0 spiro atoms. The van der Waals surface area contributed by atoms with E-state index in [4.69, 9.17) is 0 Å². The van der Waals surface area contributed by atoms with Crippen LogP contribution in [-0.4, -0.2) is 22.4 Å². The first-order chi connectivity index (χ1) is 10.1. The van der Waals surface area contributed by atoms with Gasteiger partial charge in [-0.05, 0) is 37.1 Å². The monoisotopic (exact) mass is 348 g/mol. The Morgan fingerprint density at radius 2 is 2.00 bits per heavy atom. The molecule has 0 unspecified atom stereocenters. The molecule has 2 N–H and O–H groups in total. The lowest BCUT2D eigenvalue weighted by atomic mass is 10.2. The molecule has 2 rings (SSSR count). The SMILES string of the molecule is CCCNC(=O)c1cnc(Nc2ccc(Br)c(C)c2)nc1. The number of aromatic nitrogens is 2. The number of aryl methyl sites for hydroxylation is 1. The topological polar surface area (TPSA) is 66.9 Å². The zero-order valence-electron chi connectivity index (χ0n) is 12.0. The van der Waals surface area contributed by atoms with E-state index in [0.29, 0.717) is 18.1 Å². The number of nitrogens with one attached hydrogen (secondary N) is 2. The highest BCUT2D eigenvalue weighted by Gasteiger charge is 2.06. The van der Waals surface area contributed by atoms with Crippen molar-refractivity contribution in [3.05, 3.63) is 46.2 Å². The van der Waals surface area contributed by atoms with Crippen molar-refractivity contribution >= 4 is 33.5 Å². The highest BCUT2D eigenvalue weighted by molar-refractivity contribution is 9.10. The largest absolute Gasteiger partial charge is 0.352 e. The predicted octanol–water partition coefficient (Wildman–Crippen LogP) is 3.43. The van der Waals surface area contributed by atoms with Gasteiger partial charge in [0.15, 0.2) is 0 Å². The molecular formula is C15H17BrN4O. The Morgan fingerprint density at radius 3 is 2.62 bits per heavy atom. The summed E-state index contributed by atoms with van der Waals surface area (Å²) in [6, 6.07) is 5.89. The van der Waals surface area contributed by atoms with Crippen molar-refractivity contribution in [2.45, 2.75) is 20.3 Å². The van der Waals surface area contributed by atoms with E-state index in [1.54, 1.807) is 0 Å². The molecule has 110 valence electrons. The number of anilines is 2. The van der Waals surface area contributed by atoms with E-state index >= 15 is 0 Å². The minimum Gasteiger partial charge on any atom is -0.352 e. The van der Waals surface area contributed by atoms with Crippen LogP contribution >= 0.6 is 15.9 Å². The maximum Gasteiger partial charge on any atom is 0.254 e. The lowest BCUT2D eigenvalue weighted by Crippen LogP contribution is -2.24. The molecule has 0 radical (unpaired) electrons. The van der Waals surface area contributed by atoms with Crippen LogP contribution in [-0.2, 0) is 0 Å². The Labute approximate surface area is 132 Å². The van der Waals surface area contributed by atoms with Crippen LogP contribution < -0.4 is 10.6 Å². The van der Waals surface area contributed by atoms with Gasteiger partial charge >= 0.3 is 0 Å². The van der Waals surface area contributed by atoms with Crippen LogP contribution in [0.5, 0.6) is 0 Å². The molecule has 0 aliphatic heterocycles. The van der Waals surface area contributed by atoms with E-state index in [1.165, 1.54) is 12.4 Å².